The number of nitrogens with one attached hydrogen (secondary N) is 2. The number of carbonyl (C=O) groups is 2. The zero-order valence-electron chi connectivity index (χ0n) is 23.7. The van der Waals surface area contributed by atoms with Crippen LogP contribution in [0.15, 0.2) is 24.5 Å². The van der Waals surface area contributed by atoms with E-state index in [1.807, 2.05) is 16.6 Å². The van der Waals surface area contributed by atoms with E-state index in [0.717, 1.165) is 56.2 Å². The van der Waals surface area contributed by atoms with Gasteiger partial charge in [-0.3, -0.25) is 9.59 Å². The summed E-state index contributed by atoms with van der Waals surface area (Å²) in [6, 6.07) is 3.84. The molecule has 7 N–H and O–H groups in total. The number of amides is 2. The lowest BCUT2D eigenvalue weighted by atomic mass is 9.53. The highest BCUT2D eigenvalue weighted by molar-refractivity contribution is 6.01. The van der Waals surface area contributed by atoms with Gasteiger partial charge in [0.25, 0.3) is 17.7 Å². The molecule has 3 saturated carbocycles. The number of fused-ring (bicyclic) bond motifs is 1. The summed E-state index contributed by atoms with van der Waals surface area (Å²) in [6.45, 7) is 4.75. The maximum atomic E-state index is 13.3. The van der Waals surface area contributed by atoms with E-state index in [1.54, 1.807) is 30.9 Å². The Morgan fingerprint density at radius 2 is 1.98 bits per heavy atom. The van der Waals surface area contributed by atoms with E-state index in [2.05, 4.69) is 15.5 Å². The first-order chi connectivity index (χ1) is 19.6. The van der Waals surface area contributed by atoms with Gasteiger partial charge in [0.1, 0.15) is 18.5 Å². The van der Waals surface area contributed by atoms with Crippen LogP contribution >= 0.6 is 0 Å². The molecule has 3 aliphatic rings. The van der Waals surface area contributed by atoms with Crippen LogP contribution in [0.4, 0.5) is 0 Å². The SMILES string of the molecule is CC(C)(O)COc1ccc2c(C(=O)NC3CC4(C3)CC(Oc3c(C(N)=O)c[nH+]n3CCCN)C4)cnn2c1C1CC1. The van der Waals surface area contributed by atoms with E-state index in [-0.39, 0.29) is 30.1 Å². The number of rotatable bonds is 12. The number of primary amides is 1. The third kappa shape index (κ3) is 5.50. The normalized spacial score (nSPS) is 23.7. The summed E-state index contributed by atoms with van der Waals surface area (Å²) < 4.78 is 15.8. The van der Waals surface area contributed by atoms with Gasteiger partial charge in [-0.15, -0.1) is 9.78 Å². The molecule has 0 saturated heterocycles. The molecule has 0 radical (unpaired) electrons. The van der Waals surface area contributed by atoms with Crippen LogP contribution in [-0.2, 0) is 6.54 Å². The molecule has 41 heavy (non-hydrogen) atoms. The van der Waals surface area contributed by atoms with Crippen molar-refractivity contribution in [2.75, 3.05) is 13.2 Å². The van der Waals surface area contributed by atoms with Crippen LogP contribution in [0.25, 0.3) is 5.52 Å². The Bertz CT molecular complexity index is 1450. The average Bonchev–Trinajstić information content (AvgIpc) is 3.48. The van der Waals surface area contributed by atoms with Gasteiger partial charge in [-0.1, -0.05) is 0 Å². The summed E-state index contributed by atoms with van der Waals surface area (Å²) in [5.74, 6) is 0.859. The molecule has 0 atom stereocenters. The van der Waals surface area contributed by atoms with Crippen molar-refractivity contribution < 1.29 is 29.3 Å². The third-order valence-electron chi connectivity index (χ3n) is 8.45. The maximum absolute atomic E-state index is 13.3. The number of aromatic nitrogens is 4. The van der Waals surface area contributed by atoms with Gasteiger partial charge in [-0.2, -0.15) is 5.10 Å². The fourth-order valence-corrected chi connectivity index (χ4v) is 6.30. The van der Waals surface area contributed by atoms with Crippen molar-refractivity contribution in [3.05, 3.63) is 41.3 Å². The molecule has 1 spiro atoms. The average molecular weight is 567 g/mol. The Balaban J connectivity index is 1.06. The minimum atomic E-state index is -0.946. The van der Waals surface area contributed by atoms with Crippen molar-refractivity contribution in [1.82, 2.24) is 19.6 Å². The van der Waals surface area contributed by atoms with Crippen molar-refractivity contribution in [3.63, 3.8) is 0 Å². The van der Waals surface area contributed by atoms with Crippen molar-refractivity contribution in [2.24, 2.45) is 16.9 Å². The number of H-pyrrole nitrogens is 1. The van der Waals surface area contributed by atoms with Crippen LogP contribution in [0.3, 0.4) is 0 Å². The Kier molecular flexibility index (Phi) is 6.93. The Morgan fingerprint density at radius 1 is 1.22 bits per heavy atom. The van der Waals surface area contributed by atoms with Gasteiger partial charge in [-0.05, 0) is 82.9 Å². The first-order valence-corrected chi connectivity index (χ1v) is 14.5. The first kappa shape index (κ1) is 27.5. The minimum absolute atomic E-state index is 0.00189. The van der Waals surface area contributed by atoms with E-state index in [0.29, 0.717) is 41.8 Å². The van der Waals surface area contributed by atoms with Gasteiger partial charge in [0.05, 0.1) is 35.1 Å². The monoisotopic (exact) mass is 566 g/mol. The highest BCUT2D eigenvalue weighted by atomic mass is 16.5. The number of hydrogen-bond acceptors (Lipinski definition) is 7. The third-order valence-corrected chi connectivity index (χ3v) is 8.45. The Morgan fingerprint density at radius 3 is 2.63 bits per heavy atom. The van der Waals surface area contributed by atoms with Crippen molar-refractivity contribution >= 4 is 17.3 Å². The number of nitrogens with two attached hydrogens (primary N) is 2. The molecule has 3 aromatic heterocycles. The van der Waals surface area contributed by atoms with Crippen LogP contribution < -0.4 is 31.4 Å². The molecule has 2 amide bonds. The smallest absolute Gasteiger partial charge is 0.265 e. The lowest BCUT2D eigenvalue weighted by Crippen LogP contribution is -2.58. The zero-order valence-corrected chi connectivity index (χ0v) is 23.7. The molecule has 12 nitrogen and oxygen atoms in total. The predicted molar refractivity (Wildman–Crippen MR) is 149 cm³/mol. The summed E-state index contributed by atoms with van der Waals surface area (Å²) in [5, 5.41) is 20.9. The summed E-state index contributed by atoms with van der Waals surface area (Å²) >= 11 is 0. The molecule has 0 unspecified atom stereocenters. The number of pyridine rings is 1. The number of carbonyl (C=O) groups excluding carboxylic acids is 2. The molecule has 3 fully saturated rings. The summed E-state index contributed by atoms with van der Waals surface area (Å²) in [7, 11) is 0. The van der Waals surface area contributed by atoms with E-state index in [9.17, 15) is 14.7 Å². The van der Waals surface area contributed by atoms with E-state index in [4.69, 9.17) is 20.9 Å². The number of hydrogen-bond donors (Lipinski definition) is 4. The number of aliphatic hydroxyl groups is 1. The molecule has 220 valence electrons. The van der Waals surface area contributed by atoms with Crippen LogP contribution in [0, 0.1) is 5.41 Å². The second-order valence-corrected chi connectivity index (χ2v) is 12.7. The molecule has 3 heterocycles. The molecule has 6 rings (SSSR count). The van der Waals surface area contributed by atoms with Gasteiger partial charge < -0.3 is 31.4 Å². The lowest BCUT2D eigenvalue weighted by molar-refractivity contribution is -0.491. The van der Waals surface area contributed by atoms with Crippen LogP contribution in [0.1, 0.15) is 91.1 Å². The van der Waals surface area contributed by atoms with Gasteiger partial charge in [0, 0.05) is 12.0 Å². The standard InChI is InChI=1S/C29H39N7O5/c1-28(2,39)16-40-23-7-6-22-20(14-33-36(22)24(23)17-4-5-17)26(38)34-18-10-29(11-18)12-19(13-29)41-27-21(25(31)37)15-32-35(27)9-3-8-30/h6-7,14-15,17-19,39H,3-5,8-13,16,30H2,1-2H3,(H2,31,37)(H,34,38)/p+1. The number of nitrogens with zero attached hydrogens (tertiary/aromatic N) is 3. The van der Waals surface area contributed by atoms with E-state index in [1.165, 1.54) is 0 Å². The first-order valence-electron chi connectivity index (χ1n) is 14.5. The largest absolute Gasteiger partial charge is 0.489 e. The fourth-order valence-electron chi connectivity index (χ4n) is 6.30. The molecule has 3 aliphatic carbocycles. The highest BCUT2D eigenvalue weighted by Gasteiger charge is 2.54. The topological polar surface area (TPSA) is 173 Å². The second kappa shape index (κ2) is 10.3. The van der Waals surface area contributed by atoms with Crippen molar-refractivity contribution in [3.8, 4) is 11.6 Å². The van der Waals surface area contributed by atoms with Crippen LogP contribution in [0.5, 0.6) is 11.6 Å². The predicted octanol–water partition coefficient (Wildman–Crippen LogP) is 1.54. The maximum Gasteiger partial charge on any atom is 0.265 e. The summed E-state index contributed by atoms with van der Waals surface area (Å²) in [6.07, 6.45) is 9.58. The number of aromatic amines is 1. The Hall–Kier alpha value is -3.64. The van der Waals surface area contributed by atoms with E-state index < -0.39 is 11.5 Å². The zero-order chi connectivity index (χ0) is 28.9. The number of ether oxygens (including phenoxy) is 2. The number of aryl methyl sites for hydroxylation is 1. The molecular formula is C29H40N7O5+. The Labute approximate surface area is 238 Å². The van der Waals surface area contributed by atoms with Crippen molar-refractivity contribution in [1.29, 1.82) is 0 Å². The van der Waals surface area contributed by atoms with Gasteiger partial charge in [-0.25, -0.2) is 4.52 Å². The highest BCUT2D eigenvalue weighted by Crippen LogP contribution is 2.57. The molecule has 0 aliphatic heterocycles. The summed E-state index contributed by atoms with van der Waals surface area (Å²) in [4.78, 5) is 25.1. The molecule has 3 aromatic rings. The summed E-state index contributed by atoms with van der Waals surface area (Å²) in [5.41, 5.74) is 13.0. The quantitative estimate of drug-likeness (QED) is 0.257. The molecular weight excluding hydrogens is 526 g/mol. The van der Waals surface area contributed by atoms with Gasteiger partial charge in [0.2, 0.25) is 6.20 Å². The molecule has 12 heteroatoms. The van der Waals surface area contributed by atoms with Crippen LogP contribution in [-0.4, -0.2) is 62.1 Å². The van der Waals surface area contributed by atoms with Gasteiger partial charge in [0.15, 0.2) is 5.56 Å². The lowest BCUT2D eigenvalue weighted by Gasteiger charge is -2.57. The van der Waals surface area contributed by atoms with E-state index >= 15 is 0 Å². The minimum Gasteiger partial charge on any atom is -0.489 e. The molecule has 0 aromatic carbocycles. The van der Waals surface area contributed by atoms with Crippen LogP contribution in [0.2, 0.25) is 0 Å². The fraction of sp³-hybridized carbons (Fsp3) is 0.586. The van der Waals surface area contributed by atoms with Gasteiger partial charge >= 0.3 is 0 Å². The molecule has 0 bridgehead atoms. The van der Waals surface area contributed by atoms with Crippen molar-refractivity contribution in [2.45, 2.75) is 89.0 Å². The second-order valence-electron chi connectivity index (χ2n) is 12.7.